The van der Waals surface area contributed by atoms with E-state index in [1.54, 1.807) is 12.1 Å². The third kappa shape index (κ3) is 5.88. The standard InChI is InChI=1S/C23H28Cl2N2O2/c1-14(2)19-13-18(5-4-15(19)3)29-23-20(24)11-17(12-21(23)25)27-22(28)10-16-6-8-26-9-7-16/h4-5,11-14,16,26H,6-10H2,1-3H3,(H,27,28). The molecule has 156 valence electrons. The van der Waals surface area contributed by atoms with Crippen LogP contribution >= 0.6 is 23.2 Å². The first-order chi connectivity index (χ1) is 13.8. The van der Waals surface area contributed by atoms with Crippen molar-refractivity contribution in [3.63, 3.8) is 0 Å². The van der Waals surface area contributed by atoms with Crippen LogP contribution in [0.25, 0.3) is 0 Å². The first-order valence-electron chi connectivity index (χ1n) is 10.1. The molecule has 2 aromatic rings. The lowest BCUT2D eigenvalue weighted by Crippen LogP contribution is -2.30. The van der Waals surface area contributed by atoms with Gasteiger partial charge in [0.05, 0.1) is 10.0 Å². The number of aryl methyl sites for hydroxylation is 1. The summed E-state index contributed by atoms with van der Waals surface area (Å²) in [7, 11) is 0. The Kier molecular flexibility index (Phi) is 7.44. The topological polar surface area (TPSA) is 50.4 Å². The fraction of sp³-hybridized carbons (Fsp3) is 0.435. The van der Waals surface area contributed by atoms with Gasteiger partial charge >= 0.3 is 0 Å². The summed E-state index contributed by atoms with van der Waals surface area (Å²) in [4.78, 5) is 12.4. The number of piperidine rings is 1. The van der Waals surface area contributed by atoms with Gasteiger partial charge in [-0.1, -0.05) is 43.1 Å². The highest BCUT2D eigenvalue weighted by Crippen LogP contribution is 2.39. The molecule has 1 fully saturated rings. The van der Waals surface area contributed by atoms with Gasteiger partial charge in [0.15, 0.2) is 5.75 Å². The van der Waals surface area contributed by atoms with Crippen LogP contribution in [0.5, 0.6) is 11.5 Å². The number of hydrogen-bond donors (Lipinski definition) is 2. The number of hydrogen-bond acceptors (Lipinski definition) is 3. The summed E-state index contributed by atoms with van der Waals surface area (Å²) in [6.07, 6.45) is 2.56. The van der Waals surface area contributed by atoms with Gasteiger partial charge in [-0.25, -0.2) is 0 Å². The largest absolute Gasteiger partial charge is 0.454 e. The highest BCUT2D eigenvalue weighted by atomic mass is 35.5. The van der Waals surface area contributed by atoms with Gasteiger partial charge in [0.1, 0.15) is 5.75 Å². The molecule has 2 aromatic carbocycles. The van der Waals surface area contributed by atoms with E-state index in [0.717, 1.165) is 25.9 Å². The molecular weight excluding hydrogens is 407 g/mol. The molecule has 0 aliphatic carbocycles. The van der Waals surface area contributed by atoms with Crippen molar-refractivity contribution in [2.75, 3.05) is 18.4 Å². The zero-order chi connectivity index (χ0) is 21.0. The molecule has 0 bridgehead atoms. The molecule has 1 aliphatic heterocycles. The second-order valence-electron chi connectivity index (χ2n) is 7.99. The number of benzene rings is 2. The molecule has 0 saturated carbocycles. The van der Waals surface area contributed by atoms with Gasteiger partial charge in [0, 0.05) is 12.1 Å². The summed E-state index contributed by atoms with van der Waals surface area (Å²) in [6.45, 7) is 8.32. The number of rotatable bonds is 6. The third-order valence-electron chi connectivity index (χ3n) is 5.31. The van der Waals surface area contributed by atoms with Crippen LogP contribution in [0.1, 0.15) is 50.2 Å². The molecule has 2 N–H and O–H groups in total. The minimum Gasteiger partial charge on any atom is -0.454 e. The van der Waals surface area contributed by atoms with E-state index in [1.165, 1.54) is 11.1 Å². The number of nitrogens with one attached hydrogen (secondary N) is 2. The van der Waals surface area contributed by atoms with Crippen LogP contribution in [0.4, 0.5) is 5.69 Å². The second-order valence-corrected chi connectivity index (χ2v) is 8.80. The van der Waals surface area contributed by atoms with Crippen molar-refractivity contribution in [1.82, 2.24) is 5.32 Å². The summed E-state index contributed by atoms with van der Waals surface area (Å²) in [5.74, 6) is 1.87. The summed E-state index contributed by atoms with van der Waals surface area (Å²) >= 11 is 12.8. The van der Waals surface area contributed by atoms with Gasteiger partial charge in [0.25, 0.3) is 0 Å². The Morgan fingerprint density at radius 3 is 2.45 bits per heavy atom. The molecule has 0 unspecified atom stereocenters. The second kappa shape index (κ2) is 9.84. The van der Waals surface area contributed by atoms with Gasteiger partial charge in [-0.3, -0.25) is 4.79 Å². The van der Waals surface area contributed by atoms with Gasteiger partial charge in [0.2, 0.25) is 5.91 Å². The lowest BCUT2D eigenvalue weighted by molar-refractivity contribution is -0.117. The van der Waals surface area contributed by atoms with Crippen molar-refractivity contribution in [1.29, 1.82) is 0 Å². The Morgan fingerprint density at radius 2 is 1.83 bits per heavy atom. The van der Waals surface area contributed by atoms with Gasteiger partial charge in [-0.2, -0.15) is 0 Å². The average molecular weight is 435 g/mol. The highest BCUT2D eigenvalue weighted by molar-refractivity contribution is 6.37. The summed E-state index contributed by atoms with van der Waals surface area (Å²) in [5, 5.41) is 6.95. The molecule has 0 spiro atoms. The normalized spacial score (nSPS) is 14.8. The van der Waals surface area contributed by atoms with Crippen LogP contribution in [0.15, 0.2) is 30.3 Å². The molecule has 1 amide bonds. The molecule has 4 nitrogen and oxygen atoms in total. The van der Waals surface area contributed by atoms with E-state index in [2.05, 4.69) is 31.4 Å². The van der Waals surface area contributed by atoms with E-state index in [0.29, 0.717) is 45.5 Å². The Hall–Kier alpha value is -1.75. The Balaban J connectivity index is 1.70. The van der Waals surface area contributed by atoms with Crippen molar-refractivity contribution in [2.45, 2.75) is 46.0 Å². The van der Waals surface area contributed by atoms with E-state index in [-0.39, 0.29) is 5.91 Å². The highest BCUT2D eigenvalue weighted by Gasteiger charge is 2.18. The van der Waals surface area contributed by atoms with Crippen molar-refractivity contribution >= 4 is 34.8 Å². The van der Waals surface area contributed by atoms with Gasteiger partial charge in [-0.15, -0.1) is 0 Å². The van der Waals surface area contributed by atoms with Gasteiger partial charge in [-0.05, 0) is 80.1 Å². The number of amides is 1. The predicted molar refractivity (Wildman–Crippen MR) is 121 cm³/mol. The van der Waals surface area contributed by atoms with Crippen LogP contribution in [0.3, 0.4) is 0 Å². The first kappa shape index (κ1) is 21.9. The first-order valence-corrected chi connectivity index (χ1v) is 10.9. The molecule has 0 atom stereocenters. The van der Waals surface area contributed by atoms with Gasteiger partial charge < -0.3 is 15.4 Å². The minimum atomic E-state index is -0.0159. The molecule has 3 rings (SSSR count). The lowest BCUT2D eigenvalue weighted by Gasteiger charge is -2.22. The molecular formula is C23H28Cl2N2O2. The number of halogens is 2. The van der Waals surface area contributed by atoms with Crippen LogP contribution in [0, 0.1) is 12.8 Å². The predicted octanol–water partition coefficient (Wildman–Crippen LogP) is 6.55. The number of anilines is 1. The molecule has 6 heteroatoms. The minimum absolute atomic E-state index is 0.0159. The lowest BCUT2D eigenvalue weighted by atomic mass is 9.94. The van der Waals surface area contributed by atoms with E-state index < -0.39 is 0 Å². The zero-order valence-corrected chi connectivity index (χ0v) is 18.7. The molecule has 1 aliphatic rings. The number of carbonyl (C=O) groups is 1. The smallest absolute Gasteiger partial charge is 0.224 e. The monoisotopic (exact) mass is 434 g/mol. The summed E-state index contributed by atoms with van der Waals surface area (Å²) in [5.41, 5.74) is 3.02. The quantitative estimate of drug-likeness (QED) is 0.541. The van der Waals surface area contributed by atoms with Crippen LogP contribution < -0.4 is 15.4 Å². The molecule has 1 heterocycles. The molecule has 0 radical (unpaired) electrons. The SMILES string of the molecule is Cc1ccc(Oc2c(Cl)cc(NC(=O)CC3CCNCC3)cc2Cl)cc1C(C)C. The van der Waals surface area contributed by atoms with Crippen LogP contribution in [0.2, 0.25) is 10.0 Å². The fourth-order valence-corrected chi connectivity index (χ4v) is 4.28. The van der Waals surface area contributed by atoms with Crippen LogP contribution in [-0.4, -0.2) is 19.0 Å². The Bertz CT molecular complexity index is 854. The average Bonchev–Trinajstić information content (AvgIpc) is 2.66. The zero-order valence-electron chi connectivity index (χ0n) is 17.1. The van der Waals surface area contributed by atoms with E-state index in [1.807, 2.05) is 18.2 Å². The van der Waals surface area contributed by atoms with Crippen molar-refractivity contribution < 1.29 is 9.53 Å². The summed E-state index contributed by atoms with van der Waals surface area (Å²) < 4.78 is 5.98. The Labute approximate surface area is 182 Å². The number of ether oxygens (including phenoxy) is 1. The van der Waals surface area contributed by atoms with E-state index >= 15 is 0 Å². The van der Waals surface area contributed by atoms with Crippen molar-refractivity contribution in [3.05, 3.63) is 51.5 Å². The molecule has 29 heavy (non-hydrogen) atoms. The maximum Gasteiger partial charge on any atom is 0.224 e. The maximum absolute atomic E-state index is 12.4. The summed E-state index contributed by atoms with van der Waals surface area (Å²) in [6, 6.07) is 9.31. The molecule has 0 aromatic heterocycles. The molecule has 1 saturated heterocycles. The van der Waals surface area contributed by atoms with Crippen LogP contribution in [-0.2, 0) is 4.79 Å². The van der Waals surface area contributed by atoms with E-state index in [9.17, 15) is 4.79 Å². The van der Waals surface area contributed by atoms with Crippen molar-refractivity contribution in [2.24, 2.45) is 5.92 Å². The maximum atomic E-state index is 12.4. The third-order valence-corrected chi connectivity index (χ3v) is 5.87. The number of carbonyl (C=O) groups excluding carboxylic acids is 1. The van der Waals surface area contributed by atoms with E-state index in [4.69, 9.17) is 27.9 Å². The fourth-order valence-electron chi connectivity index (χ4n) is 3.71. The van der Waals surface area contributed by atoms with Crippen molar-refractivity contribution in [3.8, 4) is 11.5 Å². The Morgan fingerprint density at radius 1 is 1.17 bits per heavy atom.